The van der Waals surface area contributed by atoms with Gasteiger partial charge in [0.2, 0.25) is 6.10 Å². The Morgan fingerprint density at radius 2 is 1.95 bits per heavy atom. The molecule has 1 aliphatic heterocycles. The molecule has 1 atom stereocenters. The Kier molecular flexibility index (Phi) is 4.50. The average molecular weight is 294 g/mol. The van der Waals surface area contributed by atoms with Gasteiger partial charge in [0, 0.05) is 0 Å². The summed E-state index contributed by atoms with van der Waals surface area (Å²) in [5, 5.41) is 0. The van der Waals surface area contributed by atoms with Gasteiger partial charge in [0.25, 0.3) is 0 Å². The molecule has 0 aliphatic carbocycles. The minimum Gasteiger partial charge on any atom is -0.458 e. The number of halogens is 1. The zero-order valence-corrected chi connectivity index (χ0v) is 12.4. The fraction of sp³-hybridized carbons (Fsp3) is 0.438. The Hall–Kier alpha value is -2.04. The molecule has 2 rings (SSSR count). The normalized spacial score (nSPS) is 20.9. The fourth-order valence-electron chi connectivity index (χ4n) is 2.43. The second kappa shape index (κ2) is 6.16. The van der Waals surface area contributed by atoms with Gasteiger partial charge in [-0.05, 0) is 50.1 Å². The third-order valence-corrected chi connectivity index (χ3v) is 3.77. The lowest BCUT2D eigenvalue weighted by Crippen LogP contribution is -2.41. The van der Waals surface area contributed by atoms with Crippen molar-refractivity contribution in [1.82, 2.24) is 0 Å². The first-order chi connectivity index (χ1) is 10.0. The first-order valence-corrected chi connectivity index (χ1v) is 7.04. The van der Waals surface area contributed by atoms with Crippen LogP contribution in [0.5, 0.6) is 5.75 Å². The lowest BCUT2D eigenvalue weighted by molar-refractivity contribution is 0.0221. The largest absolute Gasteiger partial charge is 0.509 e. The van der Waals surface area contributed by atoms with Crippen LogP contribution in [0.15, 0.2) is 36.1 Å². The quantitative estimate of drug-likeness (QED) is 0.603. The van der Waals surface area contributed by atoms with Crippen molar-refractivity contribution in [2.24, 2.45) is 0 Å². The number of hydrogen-bond donors (Lipinski definition) is 0. The van der Waals surface area contributed by atoms with E-state index < -0.39 is 17.9 Å². The van der Waals surface area contributed by atoms with Crippen molar-refractivity contribution < 1.29 is 23.4 Å². The highest BCUT2D eigenvalue weighted by Crippen LogP contribution is 2.38. The van der Waals surface area contributed by atoms with Crippen molar-refractivity contribution in [3.05, 3.63) is 41.9 Å². The molecule has 0 saturated carbocycles. The summed E-state index contributed by atoms with van der Waals surface area (Å²) in [6.07, 6.45) is 1.67. The molecule has 0 spiro atoms. The summed E-state index contributed by atoms with van der Waals surface area (Å²) in [5.74, 6) is 0.626. The molecular formula is C16H19FO4. The van der Waals surface area contributed by atoms with Crippen LogP contribution in [0.1, 0.15) is 33.6 Å². The summed E-state index contributed by atoms with van der Waals surface area (Å²) >= 11 is 0. The van der Waals surface area contributed by atoms with E-state index >= 15 is 0 Å². The van der Waals surface area contributed by atoms with Gasteiger partial charge in [0.1, 0.15) is 17.3 Å². The molecule has 114 valence electrons. The molecule has 0 unspecified atom stereocenters. The van der Waals surface area contributed by atoms with Gasteiger partial charge in [-0.3, -0.25) is 0 Å². The van der Waals surface area contributed by atoms with Crippen LogP contribution in [-0.4, -0.2) is 17.9 Å². The highest BCUT2D eigenvalue weighted by atomic mass is 19.1. The van der Waals surface area contributed by atoms with Crippen LogP contribution < -0.4 is 4.74 Å². The molecule has 4 nitrogen and oxygen atoms in total. The average Bonchev–Trinajstić information content (AvgIpc) is 2.84. The second-order valence-electron chi connectivity index (χ2n) is 4.87. The molecule has 1 aliphatic rings. The predicted octanol–water partition coefficient (Wildman–Crippen LogP) is 4.20. The molecule has 1 aromatic carbocycles. The minimum atomic E-state index is -0.723. The van der Waals surface area contributed by atoms with Gasteiger partial charge in [-0.2, -0.15) is 0 Å². The number of ether oxygens (including phenoxy) is 3. The lowest BCUT2D eigenvalue weighted by Gasteiger charge is -2.29. The topological polar surface area (TPSA) is 44.8 Å². The van der Waals surface area contributed by atoms with Crippen LogP contribution in [0.25, 0.3) is 0 Å². The lowest BCUT2D eigenvalue weighted by atomic mass is 9.89. The summed E-state index contributed by atoms with van der Waals surface area (Å²) in [6, 6.07) is 5.67. The van der Waals surface area contributed by atoms with E-state index in [1.165, 1.54) is 24.3 Å². The van der Waals surface area contributed by atoms with E-state index in [0.29, 0.717) is 24.4 Å². The zero-order valence-electron chi connectivity index (χ0n) is 12.4. The molecule has 0 amide bonds. The maximum atomic E-state index is 12.9. The van der Waals surface area contributed by atoms with Crippen molar-refractivity contribution >= 4 is 6.16 Å². The number of carbonyl (C=O) groups is 1. The molecule has 0 radical (unpaired) electrons. The highest BCUT2D eigenvalue weighted by molar-refractivity contribution is 5.64. The van der Waals surface area contributed by atoms with Gasteiger partial charge in [-0.15, -0.1) is 0 Å². The molecule has 1 saturated heterocycles. The van der Waals surface area contributed by atoms with E-state index in [0.717, 1.165) is 0 Å². The molecule has 0 aromatic heterocycles. The molecule has 1 aromatic rings. The Labute approximate surface area is 123 Å². The van der Waals surface area contributed by atoms with Crippen molar-refractivity contribution in [2.45, 2.75) is 45.3 Å². The van der Waals surface area contributed by atoms with Gasteiger partial charge in [-0.25, -0.2) is 9.18 Å². The number of allylic oxidation sites excluding steroid dienone is 1. The maximum Gasteiger partial charge on any atom is 0.509 e. The SMILES string of the molecule is C/C=C(\Oc1ccc(F)cc1)[C@H]1OC(=O)OC1(CC)CC. The fourth-order valence-corrected chi connectivity index (χ4v) is 2.43. The summed E-state index contributed by atoms with van der Waals surface area (Å²) in [7, 11) is 0. The van der Waals surface area contributed by atoms with E-state index in [9.17, 15) is 9.18 Å². The molecule has 0 N–H and O–H groups in total. The molecule has 0 bridgehead atoms. The van der Waals surface area contributed by atoms with Crippen molar-refractivity contribution in [1.29, 1.82) is 0 Å². The van der Waals surface area contributed by atoms with Crippen LogP contribution in [0.4, 0.5) is 9.18 Å². The summed E-state index contributed by atoms with van der Waals surface area (Å²) in [4.78, 5) is 11.5. The van der Waals surface area contributed by atoms with E-state index in [1.807, 2.05) is 13.8 Å². The van der Waals surface area contributed by atoms with Crippen molar-refractivity contribution in [3.63, 3.8) is 0 Å². The van der Waals surface area contributed by atoms with Gasteiger partial charge in [-0.1, -0.05) is 13.8 Å². The Bertz CT molecular complexity index is 532. The van der Waals surface area contributed by atoms with Gasteiger partial charge in [0.05, 0.1) is 0 Å². The Morgan fingerprint density at radius 1 is 1.33 bits per heavy atom. The summed E-state index contributed by atoms with van der Waals surface area (Å²) in [5.41, 5.74) is -0.723. The van der Waals surface area contributed by atoms with Crippen LogP contribution in [0.2, 0.25) is 0 Å². The number of carbonyl (C=O) groups excluding carboxylic acids is 1. The number of cyclic esters (lactones) is 2. The van der Waals surface area contributed by atoms with Crippen LogP contribution in [0.3, 0.4) is 0 Å². The maximum absolute atomic E-state index is 12.9. The van der Waals surface area contributed by atoms with Gasteiger partial charge < -0.3 is 14.2 Å². The summed E-state index contributed by atoms with van der Waals surface area (Å²) < 4.78 is 29.3. The Morgan fingerprint density at radius 3 is 2.48 bits per heavy atom. The molecule has 1 fully saturated rings. The monoisotopic (exact) mass is 294 g/mol. The minimum absolute atomic E-state index is 0.337. The van der Waals surface area contributed by atoms with Crippen LogP contribution >= 0.6 is 0 Å². The zero-order chi connectivity index (χ0) is 15.5. The number of hydrogen-bond acceptors (Lipinski definition) is 4. The molecular weight excluding hydrogens is 275 g/mol. The number of rotatable bonds is 5. The highest BCUT2D eigenvalue weighted by Gasteiger charge is 2.51. The third kappa shape index (κ3) is 3.01. The molecule has 5 heteroatoms. The first-order valence-electron chi connectivity index (χ1n) is 7.04. The predicted molar refractivity (Wildman–Crippen MR) is 75.5 cm³/mol. The standard InChI is InChI=1S/C16H19FO4/c1-4-13(19-12-9-7-11(17)8-10-12)14-16(5-2,6-3)21-15(18)20-14/h4,7-10,14H,5-6H2,1-3H3/b13-4-/t14-/m1/s1. The van der Waals surface area contributed by atoms with Gasteiger partial charge in [0.15, 0.2) is 5.60 Å². The molecule has 1 heterocycles. The number of benzene rings is 1. The van der Waals surface area contributed by atoms with Crippen molar-refractivity contribution in [3.8, 4) is 5.75 Å². The first kappa shape index (κ1) is 15.4. The van der Waals surface area contributed by atoms with E-state index in [-0.39, 0.29) is 5.82 Å². The van der Waals surface area contributed by atoms with Crippen molar-refractivity contribution in [2.75, 3.05) is 0 Å². The van der Waals surface area contributed by atoms with Gasteiger partial charge >= 0.3 is 6.16 Å². The Balaban J connectivity index is 2.24. The third-order valence-electron chi connectivity index (χ3n) is 3.77. The van der Waals surface area contributed by atoms with E-state index in [1.54, 1.807) is 13.0 Å². The smallest absolute Gasteiger partial charge is 0.458 e. The summed E-state index contributed by atoms with van der Waals surface area (Å²) in [6.45, 7) is 5.66. The second-order valence-corrected chi connectivity index (χ2v) is 4.87. The van der Waals surface area contributed by atoms with Crippen LogP contribution in [0, 0.1) is 5.82 Å². The molecule has 21 heavy (non-hydrogen) atoms. The van der Waals surface area contributed by atoms with E-state index in [4.69, 9.17) is 14.2 Å². The van der Waals surface area contributed by atoms with Crippen LogP contribution in [-0.2, 0) is 9.47 Å². The van der Waals surface area contributed by atoms with E-state index in [2.05, 4.69) is 0 Å².